The predicted octanol–water partition coefficient (Wildman–Crippen LogP) is 2.82. The lowest BCUT2D eigenvalue weighted by molar-refractivity contribution is 1.34. The summed E-state index contributed by atoms with van der Waals surface area (Å²) in [5, 5.41) is 2.81. The van der Waals surface area contributed by atoms with Gasteiger partial charge in [0, 0.05) is 5.88 Å². The second kappa shape index (κ2) is 3.32. The van der Waals surface area contributed by atoms with Crippen LogP contribution in [0.4, 0.5) is 5.69 Å². The van der Waals surface area contributed by atoms with Crippen molar-refractivity contribution in [1.82, 2.24) is 0 Å². The highest BCUT2D eigenvalue weighted by molar-refractivity contribution is 6.17. The average molecular weight is 156 g/mol. The molecule has 0 aliphatic rings. The molecule has 0 spiro atoms. The van der Waals surface area contributed by atoms with E-state index in [1.54, 1.807) is 18.2 Å². The summed E-state index contributed by atoms with van der Waals surface area (Å²) < 4.78 is 0. The Bertz CT molecular complexity index is 237. The van der Waals surface area contributed by atoms with Crippen LogP contribution in [0.15, 0.2) is 29.4 Å². The molecular weight excluding hydrogens is 150 g/mol. The third-order valence-electron chi connectivity index (χ3n) is 1.23. The molecule has 0 atom stereocenters. The fourth-order valence-corrected chi connectivity index (χ4v) is 0.939. The molecule has 1 rings (SSSR count). The van der Waals surface area contributed by atoms with E-state index in [1.165, 1.54) is 0 Å². The van der Waals surface area contributed by atoms with Gasteiger partial charge >= 0.3 is 0 Å². The third-order valence-corrected chi connectivity index (χ3v) is 1.52. The van der Waals surface area contributed by atoms with Crippen LogP contribution in [-0.2, 0) is 5.88 Å². The van der Waals surface area contributed by atoms with Gasteiger partial charge in [0.05, 0.1) is 0 Å². The van der Waals surface area contributed by atoms with Gasteiger partial charge in [-0.1, -0.05) is 18.2 Å². The van der Waals surface area contributed by atoms with Crippen molar-refractivity contribution in [2.75, 3.05) is 0 Å². The number of benzene rings is 1. The first kappa shape index (κ1) is 7.22. The van der Waals surface area contributed by atoms with Crippen LogP contribution in [0.5, 0.6) is 0 Å². The Morgan fingerprint density at radius 3 is 2.60 bits per heavy atom. The van der Waals surface area contributed by atoms with Gasteiger partial charge in [-0.3, -0.25) is 0 Å². The predicted molar refractivity (Wildman–Crippen MR) is 41.5 cm³/mol. The van der Waals surface area contributed by atoms with Gasteiger partial charge < -0.3 is 0 Å². The summed E-state index contributed by atoms with van der Waals surface area (Å²) in [6.07, 6.45) is 0. The highest BCUT2D eigenvalue weighted by atomic mass is 35.5. The summed E-state index contributed by atoms with van der Waals surface area (Å²) in [5.74, 6) is 0.335. The van der Waals surface area contributed by atoms with E-state index in [-0.39, 0.29) is 0 Å². The Morgan fingerprint density at radius 1 is 1.40 bits per heavy atom. The minimum Gasteiger partial charge on any atom is -0.145 e. The van der Waals surface area contributed by atoms with Gasteiger partial charge in [0.1, 0.15) is 5.69 Å². The first-order valence-electron chi connectivity index (χ1n) is 2.85. The molecule has 0 bridgehead atoms. The maximum Gasteiger partial charge on any atom is 0.112 e. The Balaban J connectivity index is 3.08. The lowest BCUT2D eigenvalue weighted by atomic mass is 10.2. The molecule has 0 aliphatic carbocycles. The van der Waals surface area contributed by atoms with Crippen molar-refractivity contribution in [1.29, 1.82) is 0 Å². The number of hydrogen-bond donors (Lipinski definition) is 0. The van der Waals surface area contributed by atoms with E-state index in [0.717, 1.165) is 5.56 Å². The van der Waals surface area contributed by atoms with E-state index in [0.29, 0.717) is 11.6 Å². The van der Waals surface area contributed by atoms with Gasteiger partial charge in [-0.25, -0.2) is 0 Å². The van der Waals surface area contributed by atoms with E-state index in [9.17, 15) is 4.91 Å². The van der Waals surface area contributed by atoms with Gasteiger partial charge in [0.15, 0.2) is 0 Å². The first-order chi connectivity index (χ1) is 4.88. The lowest BCUT2D eigenvalue weighted by Crippen LogP contribution is -1.75. The summed E-state index contributed by atoms with van der Waals surface area (Å²) >= 11 is 5.51. The maximum atomic E-state index is 10.1. The molecule has 0 saturated heterocycles. The number of hydrogen-bond acceptors (Lipinski definition) is 2. The van der Waals surface area contributed by atoms with E-state index >= 15 is 0 Å². The summed E-state index contributed by atoms with van der Waals surface area (Å²) in [4.78, 5) is 10.1. The molecule has 3 heteroatoms. The molecule has 0 saturated carbocycles. The SMILES string of the molecule is O=Nc1ccccc1CCl. The van der Waals surface area contributed by atoms with Crippen molar-refractivity contribution in [2.24, 2.45) is 5.18 Å². The van der Waals surface area contributed by atoms with Crippen LogP contribution in [0, 0.1) is 4.91 Å². The topological polar surface area (TPSA) is 29.4 Å². The van der Waals surface area contributed by atoms with E-state index in [2.05, 4.69) is 5.18 Å². The number of rotatable bonds is 2. The largest absolute Gasteiger partial charge is 0.145 e. The maximum absolute atomic E-state index is 10.1. The Labute approximate surface area is 63.8 Å². The smallest absolute Gasteiger partial charge is 0.112 e. The summed E-state index contributed by atoms with van der Waals surface area (Å²) in [5.41, 5.74) is 1.21. The van der Waals surface area contributed by atoms with Crippen molar-refractivity contribution < 1.29 is 0 Å². The molecule has 0 N–H and O–H groups in total. The normalized spacial score (nSPS) is 9.30. The van der Waals surface area contributed by atoms with Crippen LogP contribution in [0.3, 0.4) is 0 Å². The second-order valence-corrected chi connectivity index (χ2v) is 2.12. The van der Waals surface area contributed by atoms with Gasteiger partial charge in [-0.05, 0) is 16.8 Å². The minimum atomic E-state index is 0.335. The van der Waals surface area contributed by atoms with Crippen LogP contribution in [0.25, 0.3) is 0 Å². The summed E-state index contributed by atoms with van der Waals surface area (Å²) in [7, 11) is 0. The molecule has 0 radical (unpaired) electrons. The van der Waals surface area contributed by atoms with E-state index < -0.39 is 0 Å². The fraction of sp³-hybridized carbons (Fsp3) is 0.143. The van der Waals surface area contributed by atoms with Gasteiger partial charge in [0.25, 0.3) is 0 Å². The van der Waals surface area contributed by atoms with Crippen molar-refractivity contribution in [2.45, 2.75) is 5.88 Å². The second-order valence-electron chi connectivity index (χ2n) is 1.85. The molecule has 0 amide bonds. The quantitative estimate of drug-likeness (QED) is 0.477. The third kappa shape index (κ3) is 1.33. The number of nitroso groups, excluding NO2 is 1. The fourth-order valence-electron chi connectivity index (χ4n) is 0.713. The molecule has 0 heterocycles. The molecular formula is C7H6ClNO. The molecule has 1 aromatic rings. The van der Waals surface area contributed by atoms with Crippen LogP contribution in [0.1, 0.15) is 5.56 Å². The monoisotopic (exact) mass is 155 g/mol. The van der Waals surface area contributed by atoms with Crippen molar-refractivity contribution in [3.8, 4) is 0 Å². The molecule has 0 unspecified atom stereocenters. The molecule has 0 aromatic heterocycles. The highest BCUT2D eigenvalue weighted by Gasteiger charge is 1.97. The average Bonchev–Trinajstić information content (AvgIpc) is 2.04. The van der Waals surface area contributed by atoms with Crippen molar-refractivity contribution in [3.63, 3.8) is 0 Å². The van der Waals surface area contributed by atoms with Gasteiger partial charge in [-0.2, -0.15) is 0 Å². The van der Waals surface area contributed by atoms with Crippen LogP contribution in [0.2, 0.25) is 0 Å². The zero-order valence-corrected chi connectivity index (χ0v) is 6.01. The minimum absolute atomic E-state index is 0.335. The number of halogens is 1. The van der Waals surface area contributed by atoms with Crippen LogP contribution in [-0.4, -0.2) is 0 Å². The molecule has 10 heavy (non-hydrogen) atoms. The summed E-state index contributed by atoms with van der Waals surface area (Å²) in [6, 6.07) is 7.01. The molecule has 0 aliphatic heterocycles. The zero-order valence-electron chi connectivity index (χ0n) is 5.25. The Morgan fingerprint density at radius 2 is 2.10 bits per heavy atom. The highest BCUT2D eigenvalue weighted by Crippen LogP contribution is 2.19. The van der Waals surface area contributed by atoms with Gasteiger partial charge in [-0.15, -0.1) is 16.5 Å². The van der Waals surface area contributed by atoms with Crippen molar-refractivity contribution in [3.05, 3.63) is 34.7 Å². The molecule has 0 fully saturated rings. The first-order valence-corrected chi connectivity index (χ1v) is 3.39. The van der Waals surface area contributed by atoms with Crippen molar-refractivity contribution >= 4 is 17.3 Å². The Hall–Kier alpha value is -0.890. The molecule has 52 valence electrons. The molecule has 2 nitrogen and oxygen atoms in total. The van der Waals surface area contributed by atoms with Gasteiger partial charge in [0.2, 0.25) is 0 Å². The van der Waals surface area contributed by atoms with Crippen LogP contribution < -0.4 is 0 Å². The molecule has 1 aromatic carbocycles. The Kier molecular flexibility index (Phi) is 2.40. The number of nitrogens with zero attached hydrogens (tertiary/aromatic N) is 1. The van der Waals surface area contributed by atoms with E-state index in [4.69, 9.17) is 11.6 Å². The van der Waals surface area contributed by atoms with E-state index in [1.807, 2.05) is 6.07 Å². The number of alkyl halides is 1. The lowest BCUT2D eigenvalue weighted by Gasteiger charge is -1.94. The van der Waals surface area contributed by atoms with Crippen LogP contribution >= 0.6 is 11.6 Å². The zero-order chi connectivity index (χ0) is 7.40. The standard InChI is InChI=1S/C7H6ClNO/c8-5-6-3-1-2-4-7(6)9-10/h1-4H,5H2. The summed E-state index contributed by atoms with van der Waals surface area (Å²) in [6.45, 7) is 0.